The van der Waals surface area contributed by atoms with Gasteiger partial charge in [-0.25, -0.2) is 0 Å². The molecule has 2 aromatic carbocycles. The van der Waals surface area contributed by atoms with Gasteiger partial charge in [0, 0.05) is 13.1 Å². The molecule has 0 aromatic heterocycles. The lowest BCUT2D eigenvalue weighted by Crippen LogP contribution is -2.45. The third-order valence-corrected chi connectivity index (χ3v) is 5.32. The van der Waals surface area contributed by atoms with Crippen molar-refractivity contribution in [1.29, 1.82) is 0 Å². The molecule has 2 amide bonds. The van der Waals surface area contributed by atoms with E-state index in [0.29, 0.717) is 12.3 Å². The maximum Gasteiger partial charge on any atom is 0.241 e. The van der Waals surface area contributed by atoms with Crippen LogP contribution in [0.5, 0.6) is 0 Å². The topological polar surface area (TPSA) is 61.4 Å². The van der Waals surface area contributed by atoms with Gasteiger partial charge in [-0.3, -0.25) is 9.59 Å². The quantitative estimate of drug-likeness (QED) is 0.790. The number of rotatable bonds is 7. The summed E-state index contributed by atoms with van der Waals surface area (Å²) < 4.78 is 0. The Morgan fingerprint density at radius 1 is 1.07 bits per heavy atom. The Hall–Kier alpha value is -2.40. The van der Waals surface area contributed by atoms with Crippen LogP contribution in [0.25, 0.3) is 10.8 Å². The molecule has 5 nitrogen and oxygen atoms in total. The Labute approximate surface area is 161 Å². The van der Waals surface area contributed by atoms with Crippen LogP contribution in [0.15, 0.2) is 42.5 Å². The van der Waals surface area contributed by atoms with Gasteiger partial charge in [-0.2, -0.15) is 0 Å². The Kier molecular flexibility index (Phi) is 6.82. The van der Waals surface area contributed by atoms with Crippen molar-refractivity contribution in [1.82, 2.24) is 15.5 Å². The molecule has 1 aliphatic heterocycles. The number of benzene rings is 2. The van der Waals surface area contributed by atoms with Gasteiger partial charge in [0.25, 0.3) is 0 Å². The normalized spacial score (nSPS) is 15.1. The van der Waals surface area contributed by atoms with E-state index in [1.807, 2.05) is 47.4 Å². The van der Waals surface area contributed by atoms with Crippen molar-refractivity contribution in [2.75, 3.05) is 32.7 Å². The van der Waals surface area contributed by atoms with Crippen LogP contribution >= 0.6 is 0 Å². The Morgan fingerprint density at radius 2 is 1.81 bits per heavy atom. The summed E-state index contributed by atoms with van der Waals surface area (Å²) in [5, 5.41) is 8.38. The fraction of sp³-hybridized carbons (Fsp3) is 0.455. The zero-order valence-electron chi connectivity index (χ0n) is 16.0. The minimum Gasteiger partial charge on any atom is -0.347 e. The molecule has 0 saturated carbocycles. The van der Waals surface area contributed by atoms with E-state index in [1.54, 1.807) is 0 Å². The van der Waals surface area contributed by atoms with Crippen LogP contribution in [0.3, 0.4) is 0 Å². The monoisotopic (exact) mass is 367 g/mol. The summed E-state index contributed by atoms with van der Waals surface area (Å²) in [5.41, 5.74) is 0.988. The van der Waals surface area contributed by atoms with E-state index in [-0.39, 0.29) is 18.4 Å². The van der Waals surface area contributed by atoms with Gasteiger partial charge in [0.1, 0.15) is 0 Å². The van der Waals surface area contributed by atoms with Crippen molar-refractivity contribution in [3.05, 3.63) is 48.0 Å². The van der Waals surface area contributed by atoms with Gasteiger partial charge in [0.2, 0.25) is 11.8 Å². The molecular formula is C22H29N3O2. The SMILES string of the molecule is CCNCC1CCN(C(=O)CNC(=O)Cc2cccc3ccccc23)CC1. The van der Waals surface area contributed by atoms with Crippen LogP contribution in [-0.2, 0) is 16.0 Å². The predicted molar refractivity (Wildman–Crippen MR) is 109 cm³/mol. The van der Waals surface area contributed by atoms with Crippen LogP contribution in [-0.4, -0.2) is 49.4 Å². The molecule has 27 heavy (non-hydrogen) atoms. The molecule has 0 radical (unpaired) electrons. The summed E-state index contributed by atoms with van der Waals surface area (Å²) in [6, 6.07) is 14.0. The highest BCUT2D eigenvalue weighted by atomic mass is 16.2. The zero-order chi connectivity index (χ0) is 19.1. The average Bonchev–Trinajstić information content (AvgIpc) is 2.71. The van der Waals surface area contributed by atoms with Crippen LogP contribution in [0.1, 0.15) is 25.3 Å². The van der Waals surface area contributed by atoms with Crippen molar-refractivity contribution in [3.63, 3.8) is 0 Å². The van der Waals surface area contributed by atoms with Crippen molar-refractivity contribution >= 4 is 22.6 Å². The number of likely N-dealkylation sites (tertiary alicyclic amines) is 1. The fourth-order valence-electron chi connectivity index (χ4n) is 3.70. The molecule has 1 heterocycles. The highest BCUT2D eigenvalue weighted by Crippen LogP contribution is 2.19. The molecule has 0 bridgehead atoms. The van der Waals surface area contributed by atoms with Crippen LogP contribution in [0, 0.1) is 5.92 Å². The molecule has 1 saturated heterocycles. The lowest BCUT2D eigenvalue weighted by Gasteiger charge is -2.32. The van der Waals surface area contributed by atoms with Gasteiger partial charge in [-0.05, 0) is 48.2 Å². The van der Waals surface area contributed by atoms with Crippen LogP contribution in [0.4, 0.5) is 0 Å². The van der Waals surface area contributed by atoms with Crippen molar-refractivity contribution < 1.29 is 9.59 Å². The molecular weight excluding hydrogens is 338 g/mol. The van der Waals surface area contributed by atoms with E-state index in [0.717, 1.165) is 55.4 Å². The molecule has 0 spiro atoms. The second-order valence-corrected chi connectivity index (χ2v) is 7.22. The van der Waals surface area contributed by atoms with Gasteiger partial charge in [-0.1, -0.05) is 49.4 Å². The van der Waals surface area contributed by atoms with E-state index in [9.17, 15) is 9.59 Å². The summed E-state index contributed by atoms with van der Waals surface area (Å²) in [5.74, 6) is 0.555. The maximum atomic E-state index is 12.4. The Morgan fingerprint density at radius 3 is 2.59 bits per heavy atom. The number of fused-ring (bicyclic) bond motifs is 1. The van der Waals surface area contributed by atoms with Crippen LogP contribution < -0.4 is 10.6 Å². The van der Waals surface area contributed by atoms with E-state index in [1.165, 1.54) is 0 Å². The molecule has 144 valence electrons. The molecule has 0 atom stereocenters. The minimum atomic E-state index is -0.110. The van der Waals surface area contributed by atoms with Crippen molar-refractivity contribution in [2.45, 2.75) is 26.2 Å². The molecule has 2 N–H and O–H groups in total. The highest BCUT2D eigenvalue weighted by Gasteiger charge is 2.22. The highest BCUT2D eigenvalue weighted by molar-refractivity contribution is 5.91. The summed E-state index contributed by atoms with van der Waals surface area (Å²) in [6.45, 7) is 5.78. The van der Waals surface area contributed by atoms with E-state index in [4.69, 9.17) is 0 Å². The first-order valence-corrected chi connectivity index (χ1v) is 9.89. The first kappa shape index (κ1) is 19.4. The second-order valence-electron chi connectivity index (χ2n) is 7.22. The Balaban J connectivity index is 1.46. The number of hydrogen-bond donors (Lipinski definition) is 2. The number of amides is 2. The lowest BCUT2D eigenvalue weighted by atomic mass is 9.97. The average molecular weight is 367 g/mol. The minimum absolute atomic E-state index is 0.0168. The van der Waals surface area contributed by atoms with E-state index < -0.39 is 0 Å². The molecule has 1 fully saturated rings. The first-order valence-electron chi connectivity index (χ1n) is 9.89. The van der Waals surface area contributed by atoms with Gasteiger partial charge in [0.15, 0.2) is 0 Å². The molecule has 3 rings (SSSR count). The molecule has 1 aliphatic rings. The molecule has 0 unspecified atom stereocenters. The number of nitrogens with one attached hydrogen (secondary N) is 2. The molecule has 5 heteroatoms. The summed E-state index contributed by atoms with van der Waals surface area (Å²) >= 11 is 0. The number of carbonyl (C=O) groups excluding carboxylic acids is 2. The number of hydrogen-bond acceptors (Lipinski definition) is 3. The fourth-order valence-corrected chi connectivity index (χ4v) is 3.70. The van der Waals surface area contributed by atoms with Gasteiger partial charge >= 0.3 is 0 Å². The summed E-state index contributed by atoms with van der Waals surface area (Å²) in [4.78, 5) is 26.6. The number of carbonyl (C=O) groups is 2. The smallest absolute Gasteiger partial charge is 0.241 e. The van der Waals surface area contributed by atoms with E-state index in [2.05, 4.69) is 17.6 Å². The largest absolute Gasteiger partial charge is 0.347 e. The van der Waals surface area contributed by atoms with Gasteiger partial charge < -0.3 is 15.5 Å². The first-order chi connectivity index (χ1) is 13.2. The van der Waals surface area contributed by atoms with Crippen molar-refractivity contribution in [2.24, 2.45) is 5.92 Å². The van der Waals surface area contributed by atoms with E-state index >= 15 is 0 Å². The zero-order valence-corrected chi connectivity index (χ0v) is 16.0. The van der Waals surface area contributed by atoms with Crippen molar-refractivity contribution in [3.8, 4) is 0 Å². The molecule has 2 aromatic rings. The molecule has 0 aliphatic carbocycles. The predicted octanol–water partition coefficient (Wildman–Crippen LogP) is 2.35. The van der Waals surface area contributed by atoms with Gasteiger partial charge in [0.05, 0.1) is 13.0 Å². The third kappa shape index (κ3) is 5.30. The summed E-state index contributed by atoms with van der Waals surface area (Å²) in [7, 11) is 0. The summed E-state index contributed by atoms with van der Waals surface area (Å²) in [6.07, 6.45) is 2.35. The Bertz CT molecular complexity index is 777. The lowest BCUT2D eigenvalue weighted by molar-refractivity contribution is -0.133. The maximum absolute atomic E-state index is 12.4. The number of nitrogens with zero attached hydrogens (tertiary/aromatic N) is 1. The van der Waals surface area contributed by atoms with Crippen LogP contribution in [0.2, 0.25) is 0 Å². The third-order valence-electron chi connectivity index (χ3n) is 5.32. The van der Waals surface area contributed by atoms with Gasteiger partial charge in [-0.15, -0.1) is 0 Å². The standard InChI is InChI=1S/C22H29N3O2/c1-2-23-15-17-10-12-25(13-11-17)22(27)16-24-21(26)14-19-8-5-7-18-6-3-4-9-20(18)19/h3-9,17,23H,2,10-16H2,1H3,(H,24,26). The second kappa shape index (κ2) is 9.51. The number of piperidine rings is 1.